The molecule has 2 aromatic rings. The molecule has 0 saturated heterocycles. The number of aryl methyl sites for hydroxylation is 1. The van der Waals surface area contributed by atoms with Gasteiger partial charge in [-0.05, 0) is 49.9 Å². The van der Waals surface area contributed by atoms with Crippen molar-refractivity contribution in [2.75, 3.05) is 12.4 Å². The van der Waals surface area contributed by atoms with Gasteiger partial charge in [0.15, 0.2) is 0 Å². The lowest BCUT2D eigenvalue weighted by atomic mass is 9.72. The Morgan fingerprint density at radius 2 is 1.76 bits per heavy atom. The Kier molecular flexibility index (Phi) is 6.63. The number of rotatable bonds is 7. The van der Waals surface area contributed by atoms with E-state index in [0.717, 1.165) is 0 Å². The van der Waals surface area contributed by atoms with Crippen LogP contribution in [0.25, 0.3) is 0 Å². The van der Waals surface area contributed by atoms with Crippen molar-refractivity contribution in [1.29, 1.82) is 0 Å². The van der Waals surface area contributed by atoms with Crippen LogP contribution in [0.4, 0.5) is 23.2 Å². The summed E-state index contributed by atoms with van der Waals surface area (Å²) in [6, 6.07) is 4.12. The fraction of sp³-hybridized carbons (Fsp3) is 0.440. The van der Waals surface area contributed by atoms with Crippen molar-refractivity contribution in [3.05, 3.63) is 51.8 Å². The van der Waals surface area contributed by atoms with E-state index in [1.807, 2.05) is 0 Å². The van der Waals surface area contributed by atoms with Crippen molar-refractivity contribution in [2.24, 2.45) is 0 Å². The number of hydrogen-bond acceptors (Lipinski definition) is 4. The number of carbonyl (C=O) groups is 4. The molecule has 0 spiro atoms. The quantitative estimate of drug-likeness (QED) is 0.294. The molecule has 2 aliphatic rings. The van der Waals surface area contributed by atoms with Crippen molar-refractivity contribution >= 4 is 29.2 Å². The maximum absolute atomic E-state index is 13.6. The summed E-state index contributed by atoms with van der Waals surface area (Å²) in [6.45, 7) is 3.35. The SMILES string of the molecule is CNC(=O)C1(NC(=O)C(=O)c2c(C)c(C(=O)Nc3ccc(C)c(C(F)F)c3)c3n2CCC3)CC(F)(F)C1. The number of Topliss-reactive ketones (excluding diaryl/α,β-unsaturated/α-hetero) is 1. The molecule has 198 valence electrons. The number of carbonyl (C=O) groups excluding carboxylic acids is 4. The van der Waals surface area contributed by atoms with E-state index in [0.29, 0.717) is 30.6 Å². The lowest BCUT2D eigenvalue weighted by Gasteiger charge is -2.45. The molecule has 4 rings (SSSR count). The molecule has 8 nitrogen and oxygen atoms in total. The minimum Gasteiger partial charge on any atom is -0.357 e. The summed E-state index contributed by atoms with van der Waals surface area (Å²) < 4.78 is 55.3. The molecule has 1 aromatic carbocycles. The van der Waals surface area contributed by atoms with Gasteiger partial charge >= 0.3 is 0 Å². The minimum absolute atomic E-state index is 0.0783. The van der Waals surface area contributed by atoms with Crippen LogP contribution in [0.3, 0.4) is 0 Å². The smallest absolute Gasteiger partial charge is 0.294 e. The van der Waals surface area contributed by atoms with Gasteiger partial charge in [-0.3, -0.25) is 19.2 Å². The number of anilines is 1. The summed E-state index contributed by atoms with van der Waals surface area (Å²) in [5.74, 6) is -6.92. The summed E-state index contributed by atoms with van der Waals surface area (Å²) in [4.78, 5) is 51.5. The summed E-state index contributed by atoms with van der Waals surface area (Å²) >= 11 is 0. The Morgan fingerprint density at radius 1 is 1.08 bits per heavy atom. The molecule has 37 heavy (non-hydrogen) atoms. The molecule has 3 N–H and O–H groups in total. The number of aromatic nitrogens is 1. The van der Waals surface area contributed by atoms with Gasteiger partial charge in [0.05, 0.1) is 11.3 Å². The predicted molar refractivity (Wildman–Crippen MR) is 125 cm³/mol. The first-order chi connectivity index (χ1) is 17.3. The maximum atomic E-state index is 13.6. The van der Waals surface area contributed by atoms with E-state index in [4.69, 9.17) is 0 Å². The lowest BCUT2D eigenvalue weighted by Crippen LogP contribution is -2.69. The third kappa shape index (κ3) is 4.60. The Labute approximate surface area is 209 Å². The number of hydrogen-bond donors (Lipinski definition) is 3. The molecule has 2 heterocycles. The molecule has 0 unspecified atom stereocenters. The van der Waals surface area contributed by atoms with E-state index < -0.39 is 54.2 Å². The number of nitrogens with one attached hydrogen (secondary N) is 3. The van der Waals surface area contributed by atoms with E-state index in [-0.39, 0.29) is 28.1 Å². The van der Waals surface area contributed by atoms with E-state index >= 15 is 0 Å². The zero-order valence-electron chi connectivity index (χ0n) is 20.4. The van der Waals surface area contributed by atoms with Gasteiger partial charge in [0.25, 0.3) is 29.9 Å². The van der Waals surface area contributed by atoms with Gasteiger partial charge in [-0.15, -0.1) is 0 Å². The van der Waals surface area contributed by atoms with Gasteiger partial charge in [-0.2, -0.15) is 0 Å². The van der Waals surface area contributed by atoms with Crippen LogP contribution in [0, 0.1) is 13.8 Å². The first-order valence-corrected chi connectivity index (χ1v) is 11.7. The Bertz CT molecular complexity index is 1310. The van der Waals surface area contributed by atoms with Gasteiger partial charge in [0.2, 0.25) is 5.91 Å². The predicted octanol–water partition coefficient (Wildman–Crippen LogP) is 3.45. The van der Waals surface area contributed by atoms with Gasteiger partial charge < -0.3 is 20.5 Å². The van der Waals surface area contributed by atoms with Crippen molar-refractivity contribution in [2.45, 2.75) is 64.0 Å². The normalized spacial score (nSPS) is 17.1. The molecule has 1 aliphatic carbocycles. The number of fused-ring (bicyclic) bond motifs is 1. The third-order valence-corrected chi connectivity index (χ3v) is 6.97. The number of likely N-dealkylation sites (N-methyl/N-ethyl adjacent to an activating group) is 1. The zero-order chi connectivity index (χ0) is 27.3. The number of ketones is 1. The minimum atomic E-state index is -3.15. The largest absolute Gasteiger partial charge is 0.357 e. The summed E-state index contributed by atoms with van der Waals surface area (Å²) in [5, 5.41) is 7.01. The first kappa shape index (κ1) is 26.4. The third-order valence-electron chi connectivity index (χ3n) is 6.97. The van der Waals surface area contributed by atoms with Crippen LogP contribution in [0.2, 0.25) is 0 Å². The second-order valence-electron chi connectivity index (χ2n) is 9.53. The Hall–Kier alpha value is -3.70. The summed E-state index contributed by atoms with van der Waals surface area (Å²) in [7, 11) is 1.24. The Balaban J connectivity index is 1.62. The van der Waals surface area contributed by atoms with Crippen LogP contribution in [0.1, 0.15) is 68.9 Å². The van der Waals surface area contributed by atoms with Crippen LogP contribution in [0.15, 0.2) is 18.2 Å². The molecule has 1 aromatic heterocycles. The van der Waals surface area contributed by atoms with Crippen molar-refractivity contribution in [3.8, 4) is 0 Å². The second-order valence-corrected chi connectivity index (χ2v) is 9.53. The number of benzene rings is 1. The molecule has 1 aliphatic heterocycles. The lowest BCUT2D eigenvalue weighted by molar-refractivity contribution is -0.164. The first-order valence-electron chi connectivity index (χ1n) is 11.7. The van der Waals surface area contributed by atoms with Crippen LogP contribution >= 0.6 is 0 Å². The highest BCUT2D eigenvalue weighted by Gasteiger charge is 2.62. The van der Waals surface area contributed by atoms with E-state index in [2.05, 4.69) is 16.0 Å². The fourth-order valence-electron chi connectivity index (χ4n) is 5.22. The molecular formula is C25H26F4N4O4. The van der Waals surface area contributed by atoms with Gasteiger partial charge in [-0.1, -0.05) is 6.07 Å². The molecule has 12 heteroatoms. The van der Waals surface area contributed by atoms with Crippen LogP contribution < -0.4 is 16.0 Å². The number of nitrogens with zero attached hydrogens (tertiary/aromatic N) is 1. The Morgan fingerprint density at radius 3 is 2.35 bits per heavy atom. The van der Waals surface area contributed by atoms with Crippen molar-refractivity contribution < 1.29 is 36.7 Å². The van der Waals surface area contributed by atoms with Crippen LogP contribution in [-0.4, -0.2) is 46.6 Å². The van der Waals surface area contributed by atoms with E-state index in [9.17, 15) is 36.7 Å². The van der Waals surface area contributed by atoms with Crippen molar-refractivity contribution in [1.82, 2.24) is 15.2 Å². The van der Waals surface area contributed by atoms with Gasteiger partial charge in [-0.25, -0.2) is 17.6 Å². The second kappa shape index (κ2) is 9.31. The molecule has 0 radical (unpaired) electrons. The highest BCUT2D eigenvalue weighted by atomic mass is 19.3. The molecule has 1 fully saturated rings. The van der Waals surface area contributed by atoms with Gasteiger partial charge in [0, 0.05) is 43.4 Å². The number of halogens is 4. The molecule has 0 bridgehead atoms. The van der Waals surface area contributed by atoms with Gasteiger partial charge in [0.1, 0.15) is 5.54 Å². The van der Waals surface area contributed by atoms with Crippen molar-refractivity contribution in [3.63, 3.8) is 0 Å². The standard InChI is InChI=1S/C25H26F4N4O4/c1-12-6-7-14(9-15(12)20(26)27)31-21(35)17-13(2)18(33-8-4-5-16(17)33)19(34)22(36)32-24(23(37)30-3)10-25(28,29)11-24/h6-7,9,20H,4-5,8,10-11H2,1-3H3,(H,30,37)(H,31,35)(H,32,36). The highest BCUT2D eigenvalue weighted by molar-refractivity contribution is 6.43. The average Bonchev–Trinajstić information content (AvgIpc) is 3.36. The zero-order valence-corrected chi connectivity index (χ0v) is 20.4. The highest BCUT2D eigenvalue weighted by Crippen LogP contribution is 2.46. The number of amides is 3. The summed E-state index contributed by atoms with van der Waals surface area (Å²) in [6.07, 6.45) is -3.58. The molecule has 3 amide bonds. The number of alkyl halides is 4. The maximum Gasteiger partial charge on any atom is 0.294 e. The molecule has 1 saturated carbocycles. The topological polar surface area (TPSA) is 109 Å². The fourth-order valence-corrected chi connectivity index (χ4v) is 5.22. The monoisotopic (exact) mass is 522 g/mol. The average molecular weight is 522 g/mol. The van der Waals surface area contributed by atoms with E-state index in [1.165, 1.54) is 43.7 Å². The molecular weight excluding hydrogens is 496 g/mol. The van der Waals surface area contributed by atoms with Crippen LogP contribution in [0.5, 0.6) is 0 Å². The summed E-state index contributed by atoms with van der Waals surface area (Å²) in [5.41, 5.74) is -0.859. The molecule has 0 atom stereocenters. The van der Waals surface area contributed by atoms with E-state index in [1.54, 1.807) is 0 Å². The van der Waals surface area contributed by atoms with Crippen LogP contribution in [-0.2, 0) is 22.6 Å².